The maximum Gasteiger partial charge on any atom is 0.0280 e. The van der Waals surface area contributed by atoms with Gasteiger partial charge in [0.15, 0.2) is 0 Å². The van der Waals surface area contributed by atoms with Crippen LogP contribution in [-0.2, 0) is 0 Å². The summed E-state index contributed by atoms with van der Waals surface area (Å²) in [5, 5.41) is 0. The summed E-state index contributed by atoms with van der Waals surface area (Å²) < 4.78 is 0. The molecule has 17 heavy (non-hydrogen) atoms. The number of halogens is 1. The fourth-order valence-corrected chi connectivity index (χ4v) is 3.02. The highest BCUT2D eigenvalue weighted by Gasteiger charge is 2.40. The minimum Gasteiger partial charge on any atom is -0.126 e. The van der Waals surface area contributed by atoms with Crippen LogP contribution in [0.15, 0.2) is 0 Å². The van der Waals surface area contributed by atoms with E-state index in [1.807, 2.05) is 0 Å². The first-order chi connectivity index (χ1) is 8.33. The van der Waals surface area contributed by atoms with Gasteiger partial charge in [-0.1, -0.05) is 71.1 Å². The minimum absolute atomic E-state index is 0.599. The van der Waals surface area contributed by atoms with Crippen molar-refractivity contribution in [2.45, 2.75) is 90.4 Å². The van der Waals surface area contributed by atoms with Crippen molar-refractivity contribution in [2.75, 3.05) is 5.88 Å². The van der Waals surface area contributed by atoms with Crippen molar-refractivity contribution in [3.8, 4) is 0 Å². The van der Waals surface area contributed by atoms with E-state index in [0.717, 1.165) is 5.88 Å². The summed E-state index contributed by atoms with van der Waals surface area (Å²) in [5.74, 6) is 0.907. The fourth-order valence-electron chi connectivity index (χ4n) is 2.61. The van der Waals surface area contributed by atoms with E-state index in [-0.39, 0.29) is 0 Å². The Labute approximate surface area is 114 Å². The van der Waals surface area contributed by atoms with Crippen molar-refractivity contribution < 1.29 is 0 Å². The maximum absolute atomic E-state index is 5.98. The molecular formula is C16H31Cl. The molecule has 0 heterocycles. The quantitative estimate of drug-likeness (QED) is 0.284. The van der Waals surface area contributed by atoms with E-state index in [4.69, 9.17) is 11.6 Å². The number of unbranched alkanes of at least 4 members (excludes halogenated alkanes) is 9. The third kappa shape index (κ3) is 7.34. The van der Waals surface area contributed by atoms with Gasteiger partial charge in [0.2, 0.25) is 0 Å². The van der Waals surface area contributed by atoms with E-state index in [1.54, 1.807) is 0 Å². The summed E-state index contributed by atoms with van der Waals surface area (Å²) in [6.07, 6.45) is 18.6. The van der Waals surface area contributed by atoms with Crippen LogP contribution in [0, 0.1) is 5.41 Å². The van der Waals surface area contributed by atoms with E-state index in [1.165, 1.54) is 83.5 Å². The molecular weight excluding hydrogens is 228 g/mol. The summed E-state index contributed by atoms with van der Waals surface area (Å²) in [5.41, 5.74) is 0.599. The summed E-state index contributed by atoms with van der Waals surface area (Å²) >= 11 is 5.98. The Hall–Kier alpha value is 0.290. The predicted molar refractivity (Wildman–Crippen MR) is 78.8 cm³/mol. The first-order valence-corrected chi connectivity index (χ1v) is 8.42. The molecule has 0 N–H and O–H groups in total. The predicted octanol–water partition coefficient (Wildman–Crippen LogP) is 6.32. The highest BCUT2D eigenvalue weighted by atomic mass is 35.5. The van der Waals surface area contributed by atoms with Gasteiger partial charge in [-0.05, 0) is 24.7 Å². The average Bonchev–Trinajstić information content (AvgIpc) is 3.12. The summed E-state index contributed by atoms with van der Waals surface area (Å²) in [6.45, 7) is 2.29. The Morgan fingerprint density at radius 3 is 1.65 bits per heavy atom. The molecule has 1 aliphatic carbocycles. The average molecular weight is 259 g/mol. The van der Waals surface area contributed by atoms with Crippen molar-refractivity contribution >= 4 is 11.6 Å². The topological polar surface area (TPSA) is 0 Å². The molecule has 0 radical (unpaired) electrons. The van der Waals surface area contributed by atoms with Gasteiger partial charge in [-0.2, -0.15) is 0 Å². The van der Waals surface area contributed by atoms with Gasteiger partial charge in [0, 0.05) is 5.88 Å². The Morgan fingerprint density at radius 1 is 0.765 bits per heavy atom. The molecule has 0 spiro atoms. The molecule has 0 nitrogen and oxygen atoms in total. The van der Waals surface area contributed by atoms with Gasteiger partial charge in [-0.3, -0.25) is 0 Å². The molecule has 0 aliphatic heterocycles. The zero-order valence-corrected chi connectivity index (χ0v) is 12.5. The Balaban J connectivity index is 1.73. The first kappa shape index (κ1) is 15.3. The van der Waals surface area contributed by atoms with Crippen molar-refractivity contribution in [1.82, 2.24) is 0 Å². The van der Waals surface area contributed by atoms with Gasteiger partial charge >= 0.3 is 0 Å². The lowest BCUT2D eigenvalue weighted by molar-refractivity contribution is 0.470. The molecule has 0 amide bonds. The molecule has 102 valence electrons. The van der Waals surface area contributed by atoms with Gasteiger partial charge in [0.05, 0.1) is 0 Å². The van der Waals surface area contributed by atoms with Crippen LogP contribution >= 0.6 is 11.6 Å². The molecule has 1 heteroatoms. The van der Waals surface area contributed by atoms with Crippen LogP contribution in [0.4, 0.5) is 0 Å². The molecule has 1 aliphatic rings. The summed E-state index contributed by atoms with van der Waals surface area (Å²) in [4.78, 5) is 0. The smallest absolute Gasteiger partial charge is 0.0280 e. The lowest BCUT2D eigenvalue weighted by Gasteiger charge is -2.10. The van der Waals surface area contributed by atoms with E-state index in [2.05, 4.69) is 6.92 Å². The van der Waals surface area contributed by atoms with Gasteiger partial charge in [-0.25, -0.2) is 0 Å². The van der Waals surface area contributed by atoms with E-state index in [9.17, 15) is 0 Å². The number of hydrogen-bond donors (Lipinski definition) is 0. The monoisotopic (exact) mass is 258 g/mol. The maximum atomic E-state index is 5.98. The highest BCUT2D eigenvalue weighted by Crippen LogP contribution is 2.50. The first-order valence-electron chi connectivity index (χ1n) is 7.89. The van der Waals surface area contributed by atoms with E-state index in [0.29, 0.717) is 5.41 Å². The number of hydrogen-bond acceptors (Lipinski definition) is 0. The van der Waals surface area contributed by atoms with Crippen LogP contribution in [-0.4, -0.2) is 5.88 Å². The van der Waals surface area contributed by atoms with Crippen LogP contribution in [0.2, 0.25) is 0 Å². The van der Waals surface area contributed by atoms with Gasteiger partial charge in [-0.15, -0.1) is 11.6 Å². The van der Waals surface area contributed by atoms with Crippen LogP contribution in [0.1, 0.15) is 90.4 Å². The van der Waals surface area contributed by atoms with Crippen molar-refractivity contribution in [2.24, 2.45) is 5.41 Å². The molecule has 0 unspecified atom stereocenters. The van der Waals surface area contributed by atoms with E-state index < -0.39 is 0 Å². The number of rotatable bonds is 12. The van der Waals surface area contributed by atoms with Crippen molar-refractivity contribution in [3.63, 3.8) is 0 Å². The molecule has 0 aromatic heterocycles. The van der Waals surface area contributed by atoms with Gasteiger partial charge in [0.25, 0.3) is 0 Å². The Kier molecular flexibility index (Phi) is 8.35. The lowest BCUT2D eigenvalue weighted by Crippen LogP contribution is -2.01. The standard InChI is InChI=1S/C16H31Cl/c1-2-3-4-5-6-7-8-9-10-11-12-16(15-17)13-14-16/h2-15H2,1H3. The summed E-state index contributed by atoms with van der Waals surface area (Å²) in [7, 11) is 0. The molecule has 0 bridgehead atoms. The zero-order valence-electron chi connectivity index (χ0n) is 11.8. The van der Waals surface area contributed by atoms with Crippen LogP contribution in [0.3, 0.4) is 0 Å². The van der Waals surface area contributed by atoms with Gasteiger partial charge in [0.1, 0.15) is 0 Å². The normalized spacial score (nSPS) is 17.3. The Bertz CT molecular complexity index is 172. The van der Waals surface area contributed by atoms with Crippen molar-refractivity contribution in [1.29, 1.82) is 0 Å². The second-order valence-corrected chi connectivity index (χ2v) is 6.33. The van der Waals surface area contributed by atoms with Crippen LogP contribution in [0.5, 0.6) is 0 Å². The fraction of sp³-hybridized carbons (Fsp3) is 1.00. The van der Waals surface area contributed by atoms with Crippen LogP contribution in [0.25, 0.3) is 0 Å². The third-order valence-corrected chi connectivity index (χ3v) is 4.87. The molecule has 0 atom stereocenters. The zero-order chi connectivity index (χ0) is 12.4. The highest BCUT2D eigenvalue weighted by molar-refractivity contribution is 6.18. The van der Waals surface area contributed by atoms with E-state index >= 15 is 0 Å². The Morgan fingerprint density at radius 2 is 1.24 bits per heavy atom. The summed E-state index contributed by atoms with van der Waals surface area (Å²) in [6, 6.07) is 0. The number of alkyl halides is 1. The second kappa shape index (κ2) is 9.25. The van der Waals surface area contributed by atoms with Crippen LogP contribution < -0.4 is 0 Å². The molecule has 0 saturated heterocycles. The molecule has 1 saturated carbocycles. The molecule has 1 rings (SSSR count). The molecule has 1 fully saturated rings. The van der Waals surface area contributed by atoms with Crippen molar-refractivity contribution in [3.05, 3.63) is 0 Å². The largest absolute Gasteiger partial charge is 0.126 e. The second-order valence-electron chi connectivity index (χ2n) is 6.07. The molecule has 0 aromatic carbocycles. The minimum atomic E-state index is 0.599. The molecule has 0 aromatic rings. The lowest BCUT2D eigenvalue weighted by atomic mass is 9.99. The SMILES string of the molecule is CCCCCCCCCCCCC1(CCl)CC1. The third-order valence-electron chi connectivity index (χ3n) is 4.30. The van der Waals surface area contributed by atoms with Gasteiger partial charge < -0.3 is 0 Å².